The second kappa shape index (κ2) is 5.69. The molecular weight excluding hydrogens is 228 g/mol. The van der Waals surface area contributed by atoms with Crippen LogP contribution in [-0.4, -0.2) is 14.8 Å². The van der Waals surface area contributed by atoms with Crippen LogP contribution in [0.4, 0.5) is 0 Å². The van der Waals surface area contributed by atoms with Crippen LogP contribution in [0.3, 0.4) is 0 Å². The molecule has 0 saturated heterocycles. The maximum Gasteiger partial charge on any atom is 0.343 e. The lowest BCUT2D eigenvalue weighted by atomic mass is 9.94. The summed E-state index contributed by atoms with van der Waals surface area (Å²) >= 11 is 0. The van der Waals surface area contributed by atoms with Gasteiger partial charge in [-0.05, 0) is 25.2 Å². The van der Waals surface area contributed by atoms with E-state index in [2.05, 4.69) is 24.0 Å². The zero-order chi connectivity index (χ0) is 13.1. The Morgan fingerprint density at radius 3 is 2.67 bits per heavy atom. The van der Waals surface area contributed by atoms with E-state index in [0.29, 0.717) is 12.0 Å². The molecule has 1 saturated carbocycles. The van der Waals surface area contributed by atoms with Crippen molar-refractivity contribution < 1.29 is 0 Å². The average molecular weight is 252 g/mol. The van der Waals surface area contributed by atoms with Gasteiger partial charge in [0.25, 0.3) is 0 Å². The normalized spacial score (nSPS) is 19.3. The maximum atomic E-state index is 11.9. The van der Waals surface area contributed by atoms with Gasteiger partial charge in [-0.1, -0.05) is 33.1 Å². The molecule has 0 aliphatic heterocycles. The lowest BCUT2D eigenvalue weighted by Crippen LogP contribution is -2.29. The van der Waals surface area contributed by atoms with Gasteiger partial charge in [0.2, 0.25) is 0 Å². The molecule has 0 amide bonds. The van der Waals surface area contributed by atoms with Gasteiger partial charge in [-0.25, -0.2) is 9.89 Å². The van der Waals surface area contributed by atoms with E-state index >= 15 is 0 Å². The summed E-state index contributed by atoms with van der Waals surface area (Å²) in [5.41, 5.74) is 6.07. The average Bonchev–Trinajstić information content (AvgIpc) is 2.71. The highest BCUT2D eigenvalue weighted by Crippen LogP contribution is 2.29. The number of nitrogens with two attached hydrogens (primary N) is 1. The maximum absolute atomic E-state index is 11.9. The molecule has 1 aliphatic rings. The van der Waals surface area contributed by atoms with E-state index in [1.807, 2.05) is 4.57 Å². The van der Waals surface area contributed by atoms with E-state index in [1.54, 1.807) is 0 Å². The SMILES string of the molecule is CC(C)C[C@H](N)c1n[nH]c(=O)n1C1CCCCC1. The van der Waals surface area contributed by atoms with E-state index in [4.69, 9.17) is 5.73 Å². The van der Waals surface area contributed by atoms with Crippen molar-refractivity contribution in [2.24, 2.45) is 11.7 Å². The van der Waals surface area contributed by atoms with Crippen LogP contribution in [0.5, 0.6) is 0 Å². The fourth-order valence-corrected chi connectivity index (χ4v) is 2.88. The van der Waals surface area contributed by atoms with Crippen LogP contribution in [0, 0.1) is 5.92 Å². The lowest BCUT2D eigenvalue weighted by molar-refractivity contribution is 0.329. The van der Waals surface area contributed by atoms with Gasteiger partial charge < -0.3 is 5.73 Å². The molecule has 1 atom stereocenters. The molecule has 1 aromatic rings. The first-order valence-corrected chi connectivity index (χ1v) is 7.02. The third-order valence-electron chi connectivity index (χ3n) is 3.73. The van der Waals surface area contributed by atoms with Crippen LogP contribution >= 0.6 is 0 Å². The highest BCUT2D eigenvalue weighted by atomic mass is 16.1. The Labute approximate surface area is 108 Å². The van der Waals surface area contributed by atoms with Gasteiger partial charge >= 0.3 is 5.69 Å². The molecule has 2 rings (SSSR count). The molecule has 1 aromatic heterocycles. The van der Waals surface area contributed by atoms with Gasteiger partial charge in [0.15, 0.2) is 5.82 Å². The molecule has 18 heavy (non-hydrogen) atoms. The van der Waals surface area contributed by atoms with E-state index < -0.39 is 0 Å². The summed E-state index contributed by atoms with van der Waals surface area (Å²) in [4.78, 5) is 11.9. The third-order valence-corrected chi connectivity index (χ3v) is 3.73. The van der Waals surface area contributed by atoms with Crippen molar-refractivity contribution in [3.05, 3.63) is 16.3 Å². The van der Waals surface area contributed by atoms with Crippen molar-refractivity contribution in [3.63, 3.8) is 0 Å². The molecule has 1 fully saturated rings. The number of hydrogen-bond acceptors (Lipinski definition) is 3. The molecule has 5 nitrogen and oxygen atoms in total. The van der Waals surface area contributed by atoms with E-state index in [0.717, 1.165) is 25.1 Å². The molecule has 5 heteroatoms. The number of aromatic nitrogens is 3. The molecule has 102 valence electrons. The number of hydrogen-bond donors (Lipinski definition) is 2. The second-order valence-corrected chi connectivity index (χ2v) is 5.78. The molecule has 0 aromatic carbocycles. The summed E-state index contributed by atoms with van der Waals surface area (Å²) in [5.74, 6) is 1.24. The molecule has 0 radical (unpaired) electrons. The predicted molar refractivity (Wildman–Crippen MR) is 71.4 cm³/mol. The van der Waals surface area contributed by atoms with Crippen molar-refractivity contribution in [2.45, 2.75) is 64.5 Å². The summed E-state index contributed by atoms with van der Waals surface area (Å²) in [6, 6.07) is 0.143. The van der Waals surface area contributed by atoms with E-state index in [9.17, 15) is 4.79 Å². The summed E-state index contributed by atoms with van der Waals surface area (Å²) < 4.78 is 1.81. The highest BCUT2D eigenvalue weighted by Gasteiger charge is 2.24. The van der Waals surface area contributed by atoms with Gasteiger partial charge in [-0.2, -0.15) is 5.10 Å². The Balaban J connectivity index is 2.23. The Morgan fingerprint density at radius 1 is 1.39 bits per heavy atom. The molecule has 1 heterocycles. The first kappa shape index (κ1) is 13.3. The molecule has 0 spiro atoms. The van der Waals surface area contributed by atoms with E-state index in [-0.39, 0.29) is 11.7 Å². The minimum atomic E-state index is -0.147. The molecule has 1 aliphatic carbocycles. The van der Waals surface area contributed by atoms with E-state index in [1.165, 1.54) is 19.3 Å². The zero-order valence-electron chi connectivity index (χ0n) is 11.4. The van der Waals surface area contributed by atoms with Crippen LogP contribution < -0.4 is 11.4 Å². The fourth-order valence-electron chi connectivity index (χ4n) is 2.88. The van der Waals surface area contributed by atoms with Crippen LogP contribution in [0.25, 0.3) is 0 Å². The Bertz CT molecular complexity index is 428. The summed E-state index contributed by atoms with van der Waals surface area (Å²) in [6.07, 6.45) is 6.66. The smallest absolute Gasteiger partial charge is 0.321 e. The first-order chi connectivity index (χ1) is 8.59. The van der Waals surface area contributed by atoms with Crippen molar-refractivity contribution in [1.29, 1.82) is 0 Å². The summed E-state index contributed by atoms with van der Waals surface area (Å²) in [5, 5.41) is 6.71. The van der Waals surface area contributed by atoms with Crippen LogP contribution in [-0.2, 0) is 0 Å². The highest BCUT2D eigenvalue weighted by molar-refractivity contribution is 4.97. The van der Waals surface area contributed by atoms with Crippen molar-refractivity contribution in [1.82, 2.24) is 14.8 Å². The quantitative estimate of drug-likeness (QED) is 0.861. The van der Waals surface area contributed by atoms with Gasteiger partial charge in [0.1, 0.15) is 0 Å². The lowest BCUT2D eigenvalue weighted by Gasteiger charge is -2.25. The predicted octanol–water partition coefficient (Wildman–Crippen LogP) is 2.12. The van der Waals surface area contributed by atoms with Gasteiger partial charge in [0, 0.05) is 6.04 Å². The van der Waals surface area contributed by atoms with Gasteiger partial charge in [-0.15, -0.1) is 0 Å². The minimum Gasteiger partial charge on any atom is -0.321 e. The minimum absolute atomic E-state index is 0.101. The monoisotopic (exact) mass is 252 g/mol. The number of nitrogens with zero attached hydrogens (tertiary/aromatic N) is 2. The van der Waals surface area contributed by atoms with Gasteiger partial charge in [0.05, 0.1) is 6.04 Å². The Hall–Kier alpha value is -1.10. The number of rotatable bonds is 4. The molecule has 0 unspecified atom stereocenters. The van der Waals surface area contributed by atoms with Crippen LogP contribution in [0.2, 0.25) is 0 Å². The number of aromatic amines is 1. The standard InChI is InChI=1S/C13H24N4O/c1-9(2)8-11(14)12-15-16-13(18)17(12)10-6-4-3-5-7-10/h9-11H,3-8,14H2,1-2H3,(H,16,18)/t11-/m0/s1. The van der Waals surface area contributed by atoms with Crippen molar-refractivity contribution in [2.75, 3.05) is 0 Å². The van der Waals surface area contributed by atoms with Crippen LogP contribution in [0.15, 0.2) is 4.79 Å². The van der Waals surface area contributed by atoms with Crippen LogP contribution in [0.1, 0.15) is 70.3 Å². The Kier molecular flexibility index (Phi) is 4.22. The number of H-pyrrole nitrogens is 1. The molecular formula is C13H24N4O. The second-order valence-electron chi connectivity index (χ2n) is 5.78. The molecule has 3 N–H and O–H groups in total. The van der Waals surface area contributed by atoms with Crippen molar-refractivity contribution in [3.8, 4) is 0 Å². The zero-order valence-corrected chi connectivity index (χ0v) is 11.4. The van der Waals surface area contributed by atoms with Gasteiger partial charge in [-0.3, -0.25) is 4.57 Å². The fraction of sp³-hybridized carbons (Fsp3) is 0.846. The largest absolute Gasteiger partial charge is 0.343 e. The summed E-state index contributed by atoms with van der Waals surface area (Å²) in [6.45, 7) is 4.27. The summed E-state index contributed by atoms with van der Waals surface area (Å²) in [7, 11) is 0. The van der Waals surface area contributed by atoms with Crippen molar-refractivity contribution >= 4 is 0 Å². The third kappa shape index (κ3) is 2.83. The molecule has 0 bridgehead atoms. The Morgan fingerprint density at radius 2 is 2.06 bits per heavy atom. The number of nitrogens with one attached hydrogen (secondary N) is 1. The topological polar surface area (TPSA) is 76.7 Å². The first-order valence-electron chi connectivity index (χ1n) is 7.02.